The molecule has 0 bridgehead atoms. The highest BCUT2D eigenvalue weighted by molar-refractivity contribution is 5.17. The Hall–Kier alpha value is -1.64. The van der Waals surface area contributed by atoms with E-state index >= 15 is 0 Å². The van der Waals surface area contributed by atoms with Crippen molar-refractivity contribution < 1.29 is 14.9 Å². The van der Waals surface area contributed by atoms with Gasteiger partial charge in [0.15, 0.2) is 0 Å². The summed E-state index contributed by atoms with van der Waals surface area (Å²) in [5, 5.41) is 18.4. The normalized spacial score (nSPS) is 14.0. The Morgan fingerprint density at radius 2 is 1.31 bits per heavy atom. The van der Waals surface area contributed by atoms with Crippen molar-refractivity contribution in [3.05, 3.63) is 48.3 Å². The fourth-order valence-electron chi connectivity index (χ4n) is 0.427. The number of ether oxygens (including phenoxy) is 1. The summed E-state index contributed by atoms with van der Waals surface area (Å²) in [6, 6.07) is 0. The van der Waals surface area contributed by atoms with Crippen LogP contribution < -0.4 is 0 Å². The van der Waals surface area contributed by atoms with Gasteiger partial charge < -0.3 is 14.9 Å². The Morgan fingerprint density at radius 3 is 1.54 bits per heavy atom. The average molecular weight is 182 g/mol. The monoisotopic (exact) mass is 182 g/mol. The lowest BCUT2D eigenvalue weighted by atomic mass is 10.3. The van der Waals surface area contributed by atoms with E-state index in [9.17, 15) is 10.2 Å². The first kappa shape index (κ1) is 11.4. The fourth-order valence-corrected chi connectivity index (χ4v) is 0.427. The third-order valence-corrected chi connectivity index (χ3v) is 1.48. The van der Waals surface area contributed by atoms with Crippen molar-refractivity contribution in [1.29, 1.82) is 0 Å². The second-order valence-corrected chi connectivity index (χ2v) is 2.49. The number of rotatable bonds is 4. The molecule has 0 aromatic heterocycles. The Morgan fingerprint density at radius 1 is 1.00 bits per heavy atom. The first-order chi connectivity index (χ1) is 6.02. The van der Waals surface area contributed by atoms with Gasteiger partial charge in [-0.1, -0.05) is 25.3 Å². The number of aliphatic hydroxyl groups excluding tert-OH is 2. The van der Waals surface area contributed by atoms with Crippen LogP contribution in [0, 0.1) is 0 Å². The van der Waals surface area contributed by atoms with Gasteiger partial charge in [-0.25, -0.2) is 0 Å². The van der Waals surface area contributed by atoms with Crippen molar-refractivity contribution in [3.8, 4) is 0 Å². The van der Waals surface area contributed by atoms with E-state index in [1.54, 1.807) is 13.8 Å². The minimum Gasteiger partial charge on any atom is -0.480 e. The third kappa shape index (κ3) is 3.51. The minimum absolute atomic E-state index is 0.367. The van der Waals surface area contributed by atoms with E-state index in [0.29, 0.717) is 11.1 Å². The van der Waals surface area contributed by atoms with Crippen LogP contribution in [-0.4, -0.2) is 10.2 Å². The van der Waals surface area contributed by atoms with Crippen LogP contribution in [0.25, 0.3) is 0 Å². The molecule has 0 fully saturated rings. The molecule has 0 saturated carbocycles. The molecule has 0 spiro atoms. The van der Waals surface area contributed by atoms with Crippen molar-refractivity contribution in [2.24, 2.45) is 0 Å². The Kier molecular flexibility index (Phi) is 4.44. The van der Waals surface area contributed by atoms with Gasteiger partial charge in [0.1, 0.15) is 0 Å². The second-order valence-electron chi connectivity index (χ2n) is 2.49. The van der Waals surface area contributed by atoms with Gasteiger partial charge in [0.05, 0.1) is 0 Å². The van der Waals surface area contributed by atoms with E-state index in [1.807, 2.05) is 0 Å². The van der Waals surface area contributed by atoms with Crippen LogP contribution in [0.3, 0.4) is 0 Å². The van der Waals surface area contributed by atoms with Gasteiger partial charge in [0.2, 0.25) is 0 Å². The molecule has 3 nitrogen and oxygen atoms in total. The van der Waals surface area contributed by atoms with E-state index in [0.717, 1.165) is 0 Å². The molecular formula is C10H14O3. The lowest BCUT2D eigenvalue weighted by molar-refractivity contribution is 0.0635. The van der Waals surface area contributed by atoms with Gasteiger partial charge >= 0.3 is 0 Å². The van der Waals surface area contributed by atoms with Crippen LogP contribution in [0.2, 0.25) is 0 Å². The van der Waals surface area contributed by atoms with Crippen LogP contribution in [0.5, 0.6) is 0 Å². The van der Waals surface area contributed by atoms with Crippen LogP contribution in [-0.2, 0) is 4.74 Å². The second kappa shape index (κ2) is 5.09. The van der Waals surface area contributed by atoms with Crippen molar-refractivity contribution >= 4 is 0 Å². The maximum Gasteiger partial charge on any atom is 0.287 e. The number of aliphatic hydroxyl groups is 2. The van der Waals surface area contributed by atoms with Gasteiger partial charge in [-0.05, 0) is 13.8 Å². The molecule has 3 heteroatoms. The summed E-state index contributed by atoms with van der Waals surface area (Å²) in [5.41, 5.74) is 0.895. The summed E-state index contributed by atoms with van der Waals surface area (Å²) < 4.78 is 4.68. The zero-order valence-corrected chi connectivity index (χ0v) is 7.87. The maximum absolute atomic E-state index is 9.19. The average Bonchev–Trinajstić information content (AvgIpc) is 2.14. The van der Waals surface area contributed by atoms with Gasteiger partial charge in [-0.15, -0.1) is 0 Å². The minimum atomic E-state index is -0.367. The molecule has 2 N–H and O–H groups in total. The summed E-state index contributed by atoms with van der Waals surface area (Å²) in [6.45, 7) is 10.1. The first-order valence-electron chi connectivity index (χ1n) is 3.75. The molecule has 0 unspecified atom stereocenters. The van der Waals surface area contributed by atoms with Crippen molar-refractivity contribution in [2.45, 2.75) is 13.8 Å². The van der Waals surface area contributed by atoms with E-state index in [1.165, 1.54) is 12.2 Å². The molecule has 0 atom stereocenters. The SMILES string of the molecule is C=C/C(C)=C(/O)O/C(O)=C(\C)C=C. The smallest absolute Gasteiger partial charge is 0.287 e. The topological polar surface area (TPSA) is 49.7 Å². The summed E-state index contributed by atoms with van der Waals surface area (Å²) in [5.74, 6) is -0.734. The molecule has 0 aromatic rings. The number of hydrogen-bond donors (Lipinski definition) is 2. The predicted octanol–water partition coefficient (Wildman–Crippen LogP) is 2.95. The van der Waals surface area contributed by atoms with E-state index < -0.39 is 0 Å². The molecule has 0 heterocycles. The van der Waals surface area contributed by atoms with E-state index in [2.05, 4.69) is 17.9 Å². The Bertz CT molecular complexity index is 244. The molecule has 0 aliphatic heterocycles. The number of hydrogen-bond acceptors (Lipinski definition) is 3. The lowest BCUT2D eigenvalue weighted by Crippen LogP contribution is -1.96. The highest BCUT2D eigenvalue weighted by Gasteiger charge is 2.03. The van der Waals surface area contributed by atoms with Gasteiger partial charge in [-0.3, -0.25) is 0 Å². The van der Waals surface area contributed by atoms with Crippen LogP contribution in [0.15, 0.2) is 48.3 Å². The van der Waals surface area contributed by atoms with Crippen LogP contribution in [0.1, 0.15) is 13.8 Å². The molecule has 0 aromatic carbocycles. The number of allylic oxidation sites excluding steroid dienone is 4. The molecular weight excluding hydrogens is 168 g/mol. The van der Waals surface area contributed by atoms with Crippen LogP contribution >= 0.6 is 0 Å². The van der Waals surface area contributed by atoms with E-state index in [-0.39, 0.29) is 11.9 Å². The largest absolute Gasteiger partial charge is 0.480 e. The van der Waals surface area contributed by atoms with Crippen LogP contribution in [0.4, 0.5) is 0 Å². The predicted molar refractivity (Wildman–Crippen MR) is 52.1 cm³/mol. The molecule has 13 heavy (non-hydrogen) atoms. The molecule has 0 aliphatic rings. The Balaban J connectivity index is 4.64. The van der Waals surface area contributed by atoms with Crippen molar-refractivity contribution in [2.75, 3.05) is 0 Å². The molecule has 0 amide bonds. The summed E-state index contributed by atoms with van der Waals surface area (Å²) in [6.07, 6.45) is 2.84. The summed E-state index contributed by atoms with van der Waals surface area (Å²) in [7, 11) is 0. The molecule has 72 valence electrons. The zero-order chi connectivity index (χ0) is 10.4. The van der Waals surface area contributed by atoms with Gasteiger partial charge in [0, 0.05) is 11.1 Å². The van der Waals surface area contributed by atoms with Gasteiger partial charge in [0.25, 0.3) is 11.9 Å². The highest BCUT2D eigenvalue weighted by Crippen LogP contribution is 2.10. The van der Waals surface area contributed by atoms with E-state index in [4.69, 9.17) is 0 Å². The van der Waals surface area contributed by atoms with Crippen molar-refractivity contribution in [1.82, 2.24) is 0 Å². The quantitative estimate of drug-likeness (QED) is 0.519. The molecule has 0 radical (unpaired) electrons. The summed E-state index contributed by atoms with van der Waals surface area (Å²) >= 11 is 0. The van der Waals surface area contributed by atoms with Gasteiger partial charge in [-0.2, -0.15) is 0 Å². The molecule has 0 saturated heterocycles. The standard InChI is InChI=1S/C10H14O3/c1-5-7(3)9(11)13-10(12)8(4)6-2/h5-6,11-12H,1-2H2,3-4H3/b9-7-,10-8+. The lowest BCUT2D eigenvalue weighted by Gasteiger charge is -2.05. The maximum atomic E-state index is 9.19. The molecule has 0 rings (SSSR count). The Labute approximate surface area is 78.0 Å². The summed E-state index contributed by atoms with van der Waals surface area (Å²) in [4.78, 5) is 0. The fraction of sp³-hybridized carbons (Fsp3) is 0.200. The van der Waals surface area contributed by atoms with Crippen molar-refractivity contribution in [3.63, 3.8) is 0 Å². The highest BCUT2D eigenvalue weighted by atomic mass is 16.7. The molecule has 0 aliphatic carbocycles. The first-order valence-corrected chi connectivity index (χ1v) is 3.75. The third-order valence-electron chi connectivity index (χ3n) is 1.48. The zero-order valence-electron chi connectivity index (χ0n) is 7.87.